The molecule has 2 heteroatoms. The fourth-order valence-electron chi connectivity index (χ4n) is 1.79. The predicted octanol–water partition coefficient (Wildman–Crippen LogP) is 3.79. The van der Waals surface area contributed by atoms with Gasteiger partial charge in [-0.3, -0.25) is 4.79 Å². The maximum absolute atomic E-state index is 12.1. The number of ketones is 1. The van der Waals surface area contributed by atoms with Gasteiger partial charge in [-0.05, 0) is 30.9 Å². The highest BCUT2D eigenvalue weighted by Crippen LogP contribution is 2.16. The van der Waals surface area contributed by atoms with Crippen molar-refractivity contribution in [1.82, 2.24) is 0 Å². The summed E-state index contributed by atoms with van der Waals surface area (Å²) in [7, 11) is 0. The number of benzene rings is 1. The maximum Gasteiger partial charge on any atom is 0.168 e. The van der Waals surface area contributed by atoms with Gasteiger partial charge in [0.15, 0.2) is 5.78 Å². The number of Topliss-reactive ketones (excluding diaryl/α,β-unsaturated/α-hetero) is 1. The van der Waals surface area contributed by atoms with Crippen molar-refractivity contribution in [2.45, 2.75) is 20.3 Å². The molecule has 0 spiro atoms. The summed E-state index contributed by atoms with van der Waals surface area (Å²) >= 11 is 1.63. The Balaban J connectivity index is 2.21. The molecule has 1 nitrogen and oxygen atoms in total. The highest BCUT2D eigenvalue weighted by Gasteiger charge is 2.10. The van der Waals surface area contributed by atoms with Crippen molar-refractivity contribution in [3.63, 3.8) is 0 Å². The van der Waals surface area contributed by atoms with Crippen molar-refractivity contribution in [2.24, 2.45) is 0 Å². The zero-order valence-corrected chi connectivity index (χ0v) is 10.3. The van der Waals surface area contributed by atoms with Crippen molar-refractivity contribution < 1.29 is 4.79 Å². The van der Waals surface area contributed by atoms with Gasteiger partial charge < -0.3 is 0 Å². The van der Waals surface area contributed by atoms with Crippen LogP contribution in [0.4, 0.5) is 0 Å². The lowest BCUT2D eigenvalue weighted by Gasteiger charge is -2.04. The van der Waals surface area contributed by atoms with E-state index < -0.39 is 0 Å². The van der Waals surface area contributed by atoms with Gasteiger partial charge in [0.1, 0.15) is 0 Å². The van der Waals surface area contributed by atoms with Crippen LogP contribution in [-0.4, -0.2) is 5.78 Å². The van der Waals surface area contributed by atoms with Crippen molar-refractivity contribution in [1.29, 1.82) is 0 Å². The first-order valence-corrected chi connectivity index (χ1v) is 6.17. The van der Waals surface area contributed by atoms with Crippen molar-refractivity contribution in [2.75, 3.05) is 0 Å². The molecule has 0 saturated carbocycles. The lowest BCUT2D eigenvalue weighted by atomic mass is 10.0. The minimum atomic E-state index is 0.208. The summed E-state index contributed by atoms with van der Waals surface area (Å²) in [5.41, 5.74) is 3.12. The summed E-state index contributed by atoms with van der Waals surface area (Å²) in [4.78, 5) is 13.2. The second-order valence-corrected chi connectivity index (χ2v) is 5.03. The van der Waals surface area contributed by atoms with E-state index in [9.17, 15) is 4.79 Å². The van der Waals surface area contributed by atoms with Crippen LogP contribution in [0.3, 0.4) is 0 Å². The first kappa shape index (κ1) is 11.1. The molecule has 0 bridgehead atoms. The molecule has 2 rings (SSSR count). The van der Waals surface area contributed by atoms with Gasteiger partial charge in [-0.1, -0.05) is 29.8 Å². The van der Waals surface area contributed by atoms with E-state index >= 15 is 0 Å². The summed E-state index contributed by atoms with van der Waals surface area (Å²) in [6.45, 7) is 4.04. The third kappa shape index (κ3) is 2.39. The second-order valence-electron chi connectivity index (χ2n) is 4.00. The fourth-order valence-corrected chi connectivity index (χ4v) is 2.50. The van der Waals surface area contributed by atoms with Gasteiger partial charge in [0.05, 0.1) is 0 Å². The Hall–Kier alpha value is -1.41. The molecular formula is C14H14OS. The van der Waals surface area contributed by atoms with Gasteiger partial charge in [-0.2, -0.15) is 0 Å². The fraction of sp³-hybridized carbons (Fsp3) is 0.214. The first-order valence-electron chi connectivity index (χ1n) is 5.29. The second kappa shape index (κ2) is 4.62. The molecule has 82 valence electrons. The summed E-state index contributed by atoms with van der Waals surface area (Å²) in [5, 5.41) is 2.00. The summed E-state index contributed by atoms with van der Waals surface area (Å²) in [6.07, 6.45) is 0.515. The average molecular weight is 230 g/mol. The Morgan fingerprint density at radius 1 is 1.25 bits per heavy atom. The number of carbonyl (C=O) groups excluding carboxylic acids is 1. The van der Waals surface area contributed by atoms with Gasteiger partial charge in [0, 0.05) is 16.9 Å². The molecule has 0 unspecified atom stereocenters. The van der Waals surface area contributed by atoms with Crippen LogP contribution in [0.1, 0.15) is 26.4 Å². The number of thiophene rings is 1. The quantitative estimate of drug-likeness (QED) is 0.733. The van der Waals surface area contributed by atoms with Crippen LogP contribution in [0.2, 0.25) is 0 Å². The maximum atomic E-state index is 12.1. The number of aryl methyl sites for hydroxylation is 2. The molecule has 0 fully saturated rings. The minimum Gasteiger partial charge on any atom is -0.294 e. The van der Waals surface area contributed by atoms with Crippen LogP contribution >= 0.6 is 11.3 Å². The summed E-state index contributed by atoms with van der Waals surface area (Å²) in [6, 6.07) is 9.97. The topological polar surface area (TPSA) is 17.1 Å². The third-order valence-corrected chi connectivity index (χ3v) is 3.47. The minimum absolute atomic E-state index is 0.208. The van der Waals surface area contributed by atoms with E-state index in [-0.39, 0.29) is 5.78 Å². The molecule has 2 aromatic rings. The number of hydrogen-bond acceptors (Lipinski definition) is 2. The van der Waals surface area contributed by atoms with E-state index in [4.69, 9.17) is 0 Å². The molecule has 16 heavy (non-hydrogen) atoms. The van der Waals surface area contributed by atoms with E-state index in [0.717, 1.165) is 16.0 Å². The molecule has 0 atom stereocenters. The van der Waals surface area contributed by atoms with Gasteiger partial charge in [0.25, 0.3) is 0 Å². The predicted molar refractivity (Wildman–Crippen MR) is 68.3 cm³/mol. The molecule has 0 saturated heterocycles. The largest absolute Gasteiger partial charge is 0.294 e. The van der Waals surface area contributed by atoms with Gasteiger partial charge in [-0.25, -0.2) is 0 Å². The molecule has 0 aliphatic carbocycles. The molecule has 0 N–H and O–H groups in total. The van der Waals surface area contributed by atoms with Crippen LogP contribution in [0.25, 0.3) is 0 Å². The highest BCUT2D eigenvalue weighted by molar-refractivity contribution is 7.10. The number of carbonyl (C=O) groups is 1. The van der Waals surface area contributed by atoms with Crippen LogP contribution in [0.5, 0.6) is 0 Å². The number of hydrogen-bond donors (Lipinski definition) is 0. The van der Waals surface area contributed by atoms with Crippen LogP contribution in [0.15, 0.2) is 35.7 Å². The zero-order chi connectivity index (χ0) is 11.5. The van der Waals surface area contributed by atoms with Crippen LogP contribution in [0, 0.1) is 13.8 Å². The number of rotatable bonds is 3. The molecule has 1 aromatic heterocycles. The molecule has 0 amide bonds. The van der Waals surface area contributed by atoms with E-state index in [1.54, 1.807) is 11.3 Å². The van der Waals surface area contributed by atoms with Crippen molar-refractivity contribution in [3.05, 3.63) is 57.3 Å². The Morgan fingerprint density at radius 2 is 2.06 bits per heavy atom. The van der Waals surface area contributed by atoms with Crippen LogP contribution in [-0.2, 0) is 6.42 Å². The Bertz CT molecular complexity index is 497. The van der Waals surface area contributed by atoms with Crippen molar-refractivity contribution in [3.8, 4) is 0 Å². The van der Waals surface area contributed by atoms with Gasteiger partial charge in [-0.15, -0.1) is 11.3 Å². The van der Waals surface area contributed by atoms with Gasteiger partial charge >= 0.3 is 0 Å². The van der Waals surface area contributed by atoms with Gasteiger partial charge in [0.2, 0.25) is 0 Å². The Morgan fingerprint density at radius 3 is 2.69 bits per heavy atom. The third-order valence-electron chi connectivity index (χ3n) is 2.60. The van der Waals surface area contributed by atoms with Crippen LogP contribution < -0.4 is 0 Å². The molecule has 1 heterocycles. The highest BCUT2D eigenvalue weighted by atomic mass is 32.1. The molecule has 0 radical (unpaired) electrons. The SMILES string of the molecule is Cc1ccc(C(=O)Cc2cccs2)c(C)c1. The Kier molecular flexibility index (Phi) is 3.20. The van der Waals surface area contributed by atoms with E-state index in [2.05, 4.69) is 6.07 Å². The van der Waals surface area contributed by atoms with E-state index in [0.29, 0.717) is 6.42 Å². The van der Waals surface area contributed by atoms with E-state index in [1.807, 2.05) is 43.5 Å². The van der Waals surface area contributed by atoms with Crippen molar-refractivity contribution >= 4 is 17.1 Å². The van der Waals surface area contributed by atoms with E-state index in [1.165, 1.54) is 5.56 Å². The molecule has 1 aromatic carbocycles. The normalized spacial score (nSPS) is 10.4. The zero-order valence-electron chi connectivity index (χ0n) is 9.49. The average Bonchev–Trinajstić information content (AvgIpc) is 2.70. The lowest BCUT2D eigenvalue weighted by Crippen LogP contribution is -2.04. The summed E-state index contributed by atoms with van der Waals surface area (Å²) < 4.78 is 0. The smallest absolute Gasteiger partial charge is 0.168 e. The standard InChI is InChI=1S/C14H14OS/c1-10-5-6-13(11(2)8-10)14(15)9-12-4-3-7-16-12/h3-8H,9H2,1-2H3. The summed E-state index contributed by atoms with van der Waals surface area (Å²) in [5.74, 6) is 0.208. The Labute approximate surface area is 99.8 Å². The molecule has 0 aliphatic heterocycles. The monoisotopic (exact) mass is 230 g/mol. The first-order chi connectivity index (χ1) is 7.66. The molecular weight excluding hydrogens is 216 g/mol. The molecule has 0 aliphatic rings. The lowest BCUT2D eigenvalue weighted by molar-refractivity contribution is 0.0993.